The molecule has 1 aromatic heterocycles. The molecule has 0 aliphatic rings. The molecule has 1 heterocycles. The van der Waals surface area contributed by atoms with Crippen LogP contribution in [0.4, 0.5) is 5.69 Å². The van der Waals surface area contributed by atoms with Gasteiger partial charge in [-0.2, -0.15) is 0 Å². The van der Waals surface area contributed by atoms with Crippen molar-refractivity contribution in [2.75, 3.05) is 18.9 Å². The number of anilines is 1. The fourth-order valence-electron chi connectivity index (χ4n) is 2.57. The normalized spacial score (nSPS) is 10.2. The van der Waals surface area contributed by atoms with E-state index in [0.29, 0.717) is 30.2 Å². The first-order chi connectivity index (χ1) is 13.6. The van der Waals surface area contributed by atoms with Gasteiger partial charge in [0.15, 0.2) is 5.75 Å². The van der Waals surface area contributed by atoms with Crippen molar-refractivity contribution in [1.29, 1.82) is 0 Å². The molecule has 0 fully saturated rings. The van der Waals surface area contributed by atoms with Crippen molar-refractivity contribution in [3.63, 3.8) is 0 Å². The summed E-state index contributed by atoms with van der Waals surface area (Å²) in [5, 5.41) is 2.64. The number of nitrogens with one attached hydrogen (secondary N) is 1. The van der Waals surface area contributed by atoms with E-state index in [1.54, 1.807) is 43.7 Å². The molecule has 0 saturated heterocycles. The largest absolute Gasteiger partial charge is 0.455 e. The van der Waals surface area contributed by atoms with E-state index < -0.39 is 11.8 Å². The molecule has 3 rings (SSSR count). The fraction of sp³-hybridized carbons (Fsp3) is 0.136. The Balaban J connectivity index is 1.61. The number of para-hydroxylation sites is 3. The maximum atomic E-state index is 12.4. The summed E-state index contributed by atoms with van der Waals surface area (Å²) < 4.78 is 5.81. The van der Waals surface area contributed by atoms with E-state index in [-0.39, 0.29) is 0 Å². The van der Waals surface area contributed by atoms with E-state index in [1.807, 2.05) is 42.5 Å². The highest BCUT2D eigenvalue weighted by Crippen LogP contribution is 2.29. The number of carbonyl (C=O) groups excluding carboxylic acids is 2. The van der Waals surface area contributed by atoms with Gasteiger partial charge in [-0.3, -0.25) is 14.6 Å². The zero-order chi connectivity index (χ0) is 19.8. The summed E-state index contributed by atoms with van der Waals surface area (Å²) in [6.07, 6.45) is 4.05. The number of ether oxygens (including phenoxy) is 1. The van der Waals surface area contributed by atoms with E-state index >= 15 is 0 Å². The van der Waals surface area contributed by atoms with Gasteiger partial charge in [-0.15, -0.1) is 0 Å². The van der Waals surface area contributed by atoms with Crippen LogP contribution in [-0.2, 0) is 16.0 Å². The molecule has 0 radical (unpaired) electrons. The third-order valence-corrected chi connectivity index (χ3v) is 4.13. The van der Waals surface area contributed by atoms with Gasteiger partial charge in [0.05, 0.1) is 5.69 Å². The monoisotopic (exact) mass is 375 g/mol. The molecule has 6 heteroatoms. The number of nitrogens with zero attached hydrogens (tertiary/aromatic N) is 2. The average Bonchev–Trinajstić information content (AvgIpc) is 2.74. The van der Waals surface area contributed by atoms with Crippen LogP contribution in [-0.4, -0.2) is 35.3 Å². The van der Waals surface area contributed by atoms with Crippen molar-refractivity contribution in [3.05, 3.63) is 84.7 Å². The quantitative estimate of drug-likeness (QED) is 0.669. The summed E-state index contributed by atoms with van der Waals surface area (Å²) in [6.45, 7) is 0.429. The van der Waals surface area contributed by atoms with Crippen LogP contribution in [0.3, 0.4) is 0 Å². The standard InChI is InChI=1S/C22H21N3O3/c1-25(16-13-17-11-14-23-15-12-17)22(27)21(26)24-19-9-5-6-10-20(19)28-18-7-3-2-4-8-18/h2-12,14-15H,13,16H2,1H3,(H,24,26). The third kappa shape index (κ3) is 5.17. The summed E-state index contributed by atoms with van der Waals surface area (Å²) in [6, 6.07) is 20.0. The Labute approximate surface area is 163 Å². The minimum atomic E-state index is -0.707. The molecule has 142 valence electrons. The highest BCUT2D eigenvalue weighted by molar-refractivity contribution is 6.39. The first kappa shape index (κ1) is 19.1. The van der Waals surface area contributed by atoms with Crippen molar-refractivity contribution in [2.24, 2.45) is 0 Å². The Hall–Kier alpha value is -3.67. The van der Waals surface area contributed by atoms with Crippen molar-refractivity contribution in [1.82, 2.24) is 9.88 Å². The van der Waals surface area contributed by atoms with Crippen LogP contribution in [0, 0.1) is 0 Å². The van der Waals surface area contributed by atoms with Gasteiger partial charge in [0.25, 0.3) is 0 Å². The van der Waals surface area contributed by atoms with Crippen LogP contribution in [0.2, 0.25) is 0 Å². The molecule has 2 amide bonds. The minimum absolute atomic E-state index is 0.429. The van der Waals surface area contributed by atoms with E-state index in [1.165, 1.54) is 4.90 Å². The SMILES string of the molecule is CN(CCc1ccncc1)C(=O)C(=O)Nc1ccccc1Oc1ccccc1. The lowest BCUT2D eigenvalue weighted by molar-refractivity contribution is -0.142. The topological polar surface area (TPSA) is 71.5 Å². The number of carbonyl (C=O) groups is 2. The second-order valence-electron chi connectivity index (χ2n) is 6.20. The number of rotatable bonds is 6. The molecular formula is C22H21N3O3. The highest BCUT2D eigenvalue weighted by Gasteiger charge is 2.20. The Morgan fingerprint density at radius 1 is 0.964 bits per heavy atom. The average molecular weight is 375 g/mol. The second-order valence-corrected chi connectivity index (χ2v) is 6.20. The molecule has 3 aromatic rings. The van der Waals surface area contributed by atoms with Crippen molar-refractivity contribution in [3.8, 4) is 11.5 Å². The van der Waals surface area contributed by atoms with Gasteiger partial charge >= 0.3 is 11.8 Å². The van der Waals surface area contributed by atoms with Crippen LogP contribution in [0.5, 0.6) is 11.5 Å². The Kier molecular flexibility index (Phi) is 6.36. The molecule has 0 spiro atoms. The minimum Gasteiger partial charge on any atom is -0.455 e. The lowest BCUT2D eigenvalue weighted by atomic mass is 10.2. The van der Waals surface area contributed by atoms with Gasteiger partial charge in [-0.05, 0) is 48.4 Å². The second kappa shape index (κ2) is 9.32. The Morgan fingerprint density at radius 2 is 1.64 bits per heavy atom. The van der Waals surface area contributed by atoms with Gasteiger partial charge in [-0.25, -0.2) is 0 Å². The summed E-state index contributed by atoms with van der Waals surface area (Å²) in [5.41, 5.74) is 1.49. The first-order valence-corrected chi connectivity index (χ1v) is 8.91. The number of likely N-dealkylation sites (N-methyl/N-ethyl adjacent to an activating group) is 1. The van der Waals surface area contributed by atoms with E-state index in [4.69, 9.17) is 4.74 Å². The number of aromatic nitrogens is 1. The van der Waals surface area contributed by atoms with Gasteiger partial charge < -0.3 is 15.0 Å². The molecule has 0 saturated carbocycles. The van der Waals surface area contributed by atoms with Crippen LogP contribution < -0.4 is 10.1 Å². The molecule has 0 aliphatic carbocycles. The highest BCUT2D eigenvalue weighted by atomic mass is 16.5. The predicted molar refractivity (Wildman–Crippen MR) is 107 cm³/mol. The van der Waals surface area contributed by atoms with E-state index in [9.17, 15) is 9.59 Å². The number of hydrogen-bond acceptors (Lipinski definition) is 4. The number of benzene rings is 2. The van der Waals surface area contributed by atoms with E-state index in [0.717, 1.165) is 5.56 Å². The van der Waals surface area contributed by atoms with Crippen molar-refractivity contribution in [2.45, 2.75) is 6.42 Å². The van der Waals surface area contributed by atoms with Gasteiger partial charge in [-0.1, -0.05) is 30.3 Å². The van der Waals surface area contributed by atoms with Gasteiger partial charge in [0.2, 0.25) is 0 Å². The third-order valence-electron chi connectivity index (χ3n) is 4.13. The Bertz CT molecular complexity index is 930. The number of pyridine rings is 1. The van der Waals surface area contributed by atoms with Crippen LogP contribution in [0.1, 0.15) is 5.56 Å². The molecule has 1 N–H and O–H groups in total. The maximum Gasteiger partial charge on any atom is 0.313 e. The van der Waals surface area contributed by atoms with Crippen molar-refractivity contribution >= 4 is 17.5 Å². The maximum absolute atomic E-state index is 12.4. The Morgan fingerprint density at radius 3 is 2.39 bits per heavy atom. The van der Waals surface area contributed by atoms with Crippen LogP contribution in [0.15, 0.2) is 79.1 Å². The first-order valence-electron chi connectivity index (χ1n) is 8.91. The zero-order valence-corrected chi connectivity index (χ0v) is 15.5. The molecule has 0 unspecified atom stereocenters. The molecule has 2 aromatic carbocycles. The smallest absolute Gasteiger partial charge is 0.313 e. The van der Waals surface area contributed by atoms with Crippen LogP contribution in [0.25, 0.3) is 0 Å². The molecule has 0 bridgehead atoms. The predicted octanol–water partition coefficient (Wildman–Crippen LogP) is 3.51. The molecule has 28 heavy (non-hydrogen) atoms. The molecule has 0 aliphatic heterocycles. The zero-order valence-electron chi connectivity index (χ0n) is 15.5. The van der Waals surface area contributed by atoms with Gasteiger partial charge in [0.1, 0.15) is 5.75 Å². The summed E-state index contributed by atoms with van der Waals surface area (Å²) >= 11 is 0. The summed E-state index contributed by atoms with van der Waals surface area (Å²) in [4.78, 5) is 30.2. The fourth-order valence-corrected chi connectivity index (χ4v) is 2.57. The number of hydrogen-bond donors (Lipinski definition) is 1. The summed E-state index contributed by atoms with van der Waals surface area (Å²) in [5.74, 6) is -0.204. The molecule has 6 nitrogen and oxygen atoms in total. The van der Waals surface area contributed by atoms with E-state index in [2.05, 4.69) is 10.3 Å². The molecular weight excluding hydrogens is 354 g/mol. The lowest BCUT2D eigenvalue weighted by Gasteiger charge is -2.17. The summed E-state index contributed by atoms with van der Waals surface area (Å²) in [7, 11) is 1.61. The number of amides is 2. The molecule has 0 atom stereocenters. The lowest BCUT2D eigenvalue weighted by Crippen LogP contribution is -2.38. The van der Waals surface area contributed by atoms with Gasteiger partial charge in [0, 0.05) is 26.0 Å². The van der Waals surface area contributed by atoms with Crippen LogP contribution >= 0.6 is 0 Å². The van der Waals surface area contributed by atoms with Crippen molar-refractivity contribution < 1.29 is 14.3 Å².